The van der Waals surface area contributed by atoms with E-state index in [0.717, 1.165) is 12.4 Å². The van der Waals surface area contributed by atoms with E-state index in [1.54, 1.807) is 0 Å². The van der Waals surface area contributed by atoms with Crippen LogP contribution >= 0.6 is 0 Å². The minimum atomic E-state index is -1.18. The van der Waals surface area contributed by atoms with Gasteiger partial charge >= 0.3 is 0 Å². The zero-order valence-electron chi connectivity index (χ0n) is 7.37. The molecule has 2 aromatic rings. The summed E-state index contributed by atoms with van der Waals surface area (Å²) in [6.07, 6.45) is 1.12. The van der Waals surface area contributed by atoms with Gasteiger partial charge in [-0.15, -0.1) is 0 Å². The first kappa shape index (κ1) is 9.45. The maximum Gasteiger partial charge on any atom is 0.232 e. The Labute approximate surface area is 83.0 Å². The second-order valence-corrected chi connectivity index (χ2v) is 2.76. The van der Waals surface area contributed by atoms with Crippen molar-refractivity contribution in [2.45, 2.75) is 0 Å². The molecule has 0 aliphatic carbocycles. The summed E-state index contributed by atoms with van der Waals surface area (Å²) >= 11 is 0. The summed E-state index contributed by atoms with van der Waals surface area (Å²) < 4.78 is 26.0. The topological polar surface area (TPSA) is 58.6 Å². The normalized spacial score (nSPS) is 10.3. The number of carbonyl (C=O) groups is 1. The Hall–Kier alpha value is -2.11. The summed E-state index contributed by atoms with van der Waals surface area (Å²) in [6, 6.07) is 3.37. The van der Waals surface area contributed by atoms with Gasteiger partial charge in [-0.2, -0.15) is 5.10 Å². The Morgan fingerprint density at radius 2 is 2.13 bits per heavy atom. The van der Waals surface area contributed by atoms with Crippen molar-refractivity contribution in [3.63, 3.8) is 0 Å². The molecule has 0 radical (unpaired) electrons. The van der Waals surface area contributed by atoms with E-state index < -0.39 is 17.4 Å². The van der Waals surface area contributed by atoms with Crippen molar-refractivity contribution < 1.29 is 13.6 Å². The van der Waals surface area contributed by atoms with Crippen molar-refractivity contribution in [2.75, 3.05) is 0 Å². The lowest BCUT2D eigenvalue weighted by atomic mass is 10.1. The molecule has 0 atom stereocenters. The first-order valence-corrected chi connectivity index (χ1v) is 4.04. The molecule has 2 rings (SSSR count). The molecule has 1 aromatic heterocycles. The van der Waals surface area contributed by atoms with E-state index in [0.29, 0.717) is 0 Å². The van der Waals surface area contributed by atoms with Crippen LogP contribution in [-0.2, 0) is 0 Å². The van der Waals surface area contributed by atoms with E-state index in [4.69, 9.17) is 0 Å². The minimum absolute atomic E-state index is 0.125. The number of rotatable bonds is 2. The monoisotopic (exact) mass is 209 g/mol. The number of hydrogen-bond acceptors (Lipinski definition) is 3. The van der Waals surface area contributed by atoms with Gasteiger partial charge in [0.1, 0.15) is 6.33 Å². The van der Waals surface area contributed by atoms with Gasteiger partial charge in [0.2, 0.25) is 5.78 Å². The van der Waals surface area contributed by atoms with Crippen LogP contribution in [0.15, 0.2) is 24.5 Å². The summed E-state index contributed by atoms with van der Waals surface area (Å²) in [7, 11) is 0. The molecule has 0 spiro atoms. The van der Waals surface area contributed by atoms with Crippen LogP contribution in [0.25, 0.3) is 0 Å². The SMILES string of the molecule is O=C(c1ncn[nH]1)c1cccc(F)c1F. The van der Waals surface area contributed by atoms with Gasteiger partial charge in [-0.25, -0.2) is 13.8 Å². The highest BCUT2D eigenvalue weighted by atomic mass is 19.2. The van der Waals surface area contributed by atoms with E-state index in [2.05, 4.69) is 15.2 Å². The van der Waals surface area contributed by atoms with Crippen LogP contribution < -0.4 is 0 Å². The zero-order valence-corrected chi connectivity index (χ0v) is 7.37. The number of hydrogen-bond donors (Lipinski definition) is 1. The van der Waals surface area contributed by atoms with Gasteiger partial charge in [-0.3, -0.25) is 9.89 Å². The van der Waals surface area contributed by atoms with Crippen molar-refractivity contribution in [3.05, 3.63) is 47.5 Å². The van der Waals surface area contributed by atoms with Gasteiger partial charge in [-0.05, 0) is 12.1 Å². The number of nitrogens with one attached hydrogen (secondary N) is 1. The van der Waals surface area contributed by atoms with Crippen molar-refractivity contribution in [3.8, 4) is 0 Å². The first-order chi connectivity index (χ1) is 7.20. The molecule has 1 heterocycles. The van der Waals surface area contributed by atoms with Crippen molar-refractivity contribution in [1.29, 1.82) is 0 Å². The molecule has 6 heteroatoms. The predicted octanol–water partition coefficient (Wildman–Crippen LogP) is 1.31. The van der Waals surface area contributed by atoms with E-state index in [1.165, 1.54) is 12.1 Å². The van der Waals surface area contributed by atoms with Gasteiger partial charge in [0.05, 0.1) is 5.56 Å². The fraction of sp³-hybridized carbons (Fsp3) is 0. The van der Waals surface area contributed by atoms with Gasteiger partial charge in [0.25, 0.3) is 0 Å². The standard InChI is InChI=1S/C9H5F2N3O/c10-6-3-1-2-5(7(6)11)8(15)9-12-4-13-14-9/h1-4H,(H,12,13,14). The molecule has 1 aromatic carbocycles. The average molecular weight is 209 g/mol. The molecule has 0 amide bonds. The van der Waals surface area contributed by atoms with Crippen LogP contribution in [0.4, 0.5) is 8.78 Å². The number of nitrogens with zero attached hydrogens (tertiary/aromatic N) is 2. The maximum absolute atomic E-state index is 13.2. The van der Waals surface area contributed by atoms with Crippen LogP contribution in [0.5, 0.6) is 0 Å². The number of H-pyrrole nitrogens is 1. The number of aromatic amines is 1. The number of aromatic nitrogens is 3. The minimum Gasteiger partial charge on any atom is -0.285 e. The molecular formula is C9H5F2N3O. The molecule has 4 nitrogen and oxygen atoms in total. The molecule has 0 aliphatic rings. The van der Waals surface area contributed by atoms with Crippen molar-refractivity contribution in [1.82, 2.24) is 15.2 Å². The molecule has 0 saturated carbocycles. The van der Waals surface area contributed by atoms with Crippen molar-refractivity contribution >= 4 is 5.78 Å². The quantitative estimate of drug-likeness (QED) is 0.758. The van der Waals surface area contributed by atoms with E-state index in [-0.39, 0.29) is 11.4 Å². The van der Waals surface area contributed by atoms with Crippen LogP contribution in [0.3, 0.4) is 0 Å². The first-order valence-electron chi connectivity index (χ1n) is 4.04. The molecular weight excluding hydrogens is 204 g/mol. The summed E-state index contributed by atoms with van der Waals surface area (Å²) in [5.41, 5.74) is -0.369. The zero-order chi connectivity index (χ0) is 10.8. The van der Waals surface area contributed by atoms with E-state index in [1.807, 2.05) is 0 Å². The molecule has 76 valence electrons. The Balaban J connectivity index is 2.47. The lowest BCUT2D eigenvalue weighted by Crippen LogP contribution is -2.07. The van der Waals surface area contributed by atoms with E-state index >= 15 is 0 Å². The van der Waals surface area contributed by atoms with E-state index in [9.17, 15) is 13.6 Å². The molecule has 0 unspecified atom stereocenters. The second-order valence-electron chi connectivity index (χ2n) is 2.76. The maximum atomic E-state index is 13.2. The summed E-state index contributed by atoms with van der Waals surface area (Å²) in [5, 5.41) is 5.73. The largest absolute Gasteiger partial charge is 0.285 e. The fourth-order valence-corrected chi connectivity index (χ4v) is 1.12. The van der Waals surface area contributed by atoms with Gasteiger partial charge in [0, 0.05) is 0 Å². The number of halogens is 2. The Morgan fingerprint density at radius 1 is 1.33 bits per heavy atom. The smallest absolute Gasteiger partial charge is 0.232 e. The average Bonchev–Trinajstić information content (AvgIpc) is 2.74. The molecule has 0 saturated heterocycles. The van der Waals surface area contributed by atoms with Crippen LogP contribution in [0.1, 0.15) is 16.2 Å². The second kappa shape index (κ2) is 3.56. The Bertz CT molecular complexity index is 496. The third kappa shape index (κ3) is 1.61. The molecule has 15 heavy (non-hydrogen) atoms. The summed E-state index contributed by atoms with van der Waals surface area (Å²) in [4.78, 5) is 15.1. The molecule has 0 fully saturated rings. The Kier molecular flexibility index (Phi) is 2.24. The lowest BCUT2D eigenvalue weighted by Gasteiger charge is -1.99. The Morgan fingerprint density at radius 3 is 2.80 bits per heavy atom. The van der Waals surface area contributed by atoms with Gasteiger partial charge in [-0.1, -0.05) is 6.07 Å². The van der Waals surface area contributed by atoms with Gasteiger partial charge in [0.15, 0.2) is 17.5 Å². The number of benzene rings is 1. The predicted molar refractivity (Wildman–Crippen MR) is 46.2 cm³/mol. The van der Waals surface area contributed by atoms with Gasteiger partial charge < -0.3 is 0 Å². The molecule has 0 aliphatic heterocycles. The lowest BCUT2D eigenvalue weighted by molar-refractivity contribution is 0.102. The third-order valence-corrected chi connectivity index (χ3v) is 1.83. The highest BCUT2D eigenvalue weighted by molar-refractivity contribution is 6.06. The van der Waals surface area contributed by atoms with Crippen LogP contribution in [0.2, 0.25) is 0 Å². The van der Waals surface area contributed by atoms with Crippen LogP contribution in [-0.4, -0.2) is 21.0 Å². The fourth-order valence-electron chi connectivity index (χ4n) is 1.12. The summed E-state index contributed by atoms with van der Waals surface area (Å²) in [6.45, 7) is 0. The number of ketones is 1. The summed E-state index contributed by atoms with van der Waals surface area (Å²) in [5.74, 6) is -3.11. The van der Waals surface area contributed by atoms with Crippen LogP contribution in [0, 0.1) is 11.6 Å². The number of carbonyl (C=O) groups excluding carboxylic acids is 1. The molecule has 1 N–H and O–H groups in total. The van der Waals surface area contributed by atoms with Crippen molar-refractivity contribution in [2.24, 2.45) is 0 Å². The third-order valence-electron chi connectivity index (χ3n) is 1.83. The highest BCUT2D eigenvalue weighted by Gasteiger charge is 2.18. The molecule has 0 bridgehead atoms. The highest BCUT2D eigenvalue weighted by Crippen LogP contribution is 2.13.